The van der Waals surface area contributed by atoms with Gasteiger partial charge in [0.25, 0.3) is 0 Å². The van der Waals surface area contributed by atoms with Gasteiger partial charge in [0, 0.05) is 35.2 Å². The van der Waals surface area contributed by atoms with E-state index in [0.717, 1.165) is 5.56 Å². The molecule has 3 aromatic rings. The van der Waals surface area contributed by atoms with Crippen LogP contribution in [0.25, 0.3) is 0 Å². The molecule has 3 rings (SSSR count). The lowest BCUT2D eigenvalue weighted by Crippen LogP contribution is -2.17. The molecule has 10 heteroatoms. The molecule has 2 aromatic carbocycles. The number of hydrogen-bond donors (Lipinski definition) is 1. The molecule has 1 aromatic heterocycles. The summed E-state index contributed by atoms with van der Waals surface area (Å²) in [5.41, 5.74) is 1.34. The maximum absolute atomic E-state index is 12.5. The van der Waals surface area contributed by atoms with Crippen LogP contribution in [0, 0.1) is 0 Å². The highest BCUT2D eigenvalue weighted by Crippen LogP contribution is 2.27. The van der Waals surface area contributed by atoms with E-state index >= 15 is 0 Å². The van der Waals surface area contributed by atoms with Crippen molar-refractivity contribution in [2.75, 3.05) is 12.4 Å². The van der Waals surface area contributed by atoms with Crippen LogP contribution in [0.3, 0.4) is 0 Å². The molecule has 0 bridgehead atoms. The molecule has 7 nitrogen and oxygen atoms in total. The van der Waals surface area contributed by atoms with Crippen LogP contribution in [0.5, 0.6) is 5.75 Å². The third-order valence-electron chi connectivity index (χ3n) is 4.64. The number of thioether (sulfide) groups is 1. The van der Waals surface area contributed by atoms with Crippen LogP contribution >= 0.6 is 35.0 Å². The van der Waals surface area contributed by atoms with Gasteiger partial charge in [-0.1, -0.05) is 53.2 Å². The summed E-state index contributed by atoms with van der Waals surface area (Å²) >= 11 is 13.7. The van der Waals surface area contributed by atoms with Gasteiger partial charge in [-0.25, -0.2) is 0 Å². The first-order chi connectivity index (χ1) is 15.4. The minimum absolute atomic E-state index is 0.00677. The number of rotatable bonds is 10. The lowest BCUT2D eigenvalue weighted by molar-refractivity contribution is -0.116. The second kappa shape index (κ2) is 11.4. The highest BCUT2D eigenvalue weighted by Gasteiger charge is 2.17. The largest absolute Gasteiger partial charge is 0.496 e. The molecule has 0 saturated carbocycles. The highest BCUT2D eigenvalue weighted by molar-refractivity contribution is 7.98. The van der Waals surface area contributed by atoms with Gasteiger partial charge >= 0.3 is 0 Å². The second-order valence-corrected chi connectivity index (χ2v) is 8.53. The van der Waals surface area contributed by atoms with Crippen LogP contribution < -0.4 is 10.1 Å². The Balaban J connectivity index is 1.60. The molecule has 0 unspecified atom stereocenters. The number of nitrogens with one attached hydrogen (secondary N) is 1. The fraction of sp³-hybridized carbons (Fsp3) is 0.273. The van der Waals surface area contributed by atoms with Gasteiger partial charge in [-0.3, -0.25) is 19.5 Å². The molecular weight excluding hydrogens is 471 g/mol. The van der Waals surface area contributed by atoms with Crippen molar-refractivity contribution in [3.05, 3.63) is 63.6 Å². The molecule has 1 N–H and O–H groups in total. The Hall–Kier alpha value is -2.55. The SMILES string of the molecule is CCn1c(NC(=O)CCC(=O)c2cc(Cl)ccc2OC)nnc1SCc1ccccc1Cl. The van der Waals surface area contributed by atoms with Gasteiger partial charge in [-0.2, -0.15) is 0 Å². The van der Waals surface area contributed by atoms with Crippen LogP contribution in [-0.2, 0) is 17.1 Å². The van der Waals surface area contributed by atoms with Crippen LogP contribution in [0.4, 0.5) is 5.95 Å². The van der Waals surface area contributed by atoms with Crippen molar-refractivity contribution in [1.29, 1.82) is 0 Å². The molecule has 0 radical (unpaired) electrons. The third kappa shape index (κ3) is 6.03. The summed E-state index contributed by atoms with van der Waals surface area (Å²) in [5.74, 6) is 0.830. The van der Waals surface area contributed by atoms with Gasteiger partial charge in [-0.05, 0) is 36.8 Å². The van der Waals surface area contributed by atoms with Gasteiger partial charge in [0.15, 0.2) is 10.9 Å². The number of anilines is 1. The summed E-state index contributed by atoms with van der Waals surface area (Å²) in [7, 11) is 1.48. The summed E-state index contributed by atoms with van der Waals surface area (Å²) in [6.07, 6.45) is 0.00405. The van der Waals surface area contributed by atoms with Crippen LogP contribution in [0.2, 0.25) is 10.0 Å². The van der Waals surface area contributed by atoms with E-state index in [0.29, 0.717) is 44.8 Å². The number of amides is 1. The van der Waals surface area contributed by atoms with Crippen molar-refractivity contribution < 1.29 is 14.3 Å². The number of halogens is 2. The normalized spacial score (nSPS) is 10.8. The number of ketones is 1. The van der Waals surface area contributed by atoms with E-state index in [-0.39, 0.29) is 24.5 Å². The molecule has 1 heterocycles. The van der Waals surface area contributed by atoms with Gasteiger partial charge in [0.1, 0.15) is 5.75 Å². The minimum atomic E-state index is -0.330. The Morgan fingerprint density at radius 1 is 1.12 bits per heavy atom. The summed E-state index contributed by atoms with van der Waals surface area (Å²) < 4.78 is 7.01. The number of Topliss-reactive ketones (excluding diaryl/α,β-unsaturated/α-hetero) is 1. The first kappa shape index (κ1) is 24.1. The molecule has 0 aliphatic heterocycles. The van der Waals surface area contributed by atoms with E-state index in [4.69, 9.17) is 27.9 Å². The van der Waals surface area contributed by atoms with Gasteiger partial charge in [0.05, 0.1) is 12.7 Å². The lowest BCUT2D eigenvalue weighted by Gasteiger charge is -2.10. The van der Waals surface area contributed by atoms with Crippen molar-refractivity contribution in [2.24, 2.45) is 0 Å². The number of carbonyl (C=O) groups is 2. The maximum Gasteiger partial charge on any atom is 0.231 e. The minimum Gasteiger partial charge on any atom is -0.496 e. The molecule has 32 heavy (non-hydrogen) atoms. The monoisotopic (exact) mass is 492 g/mol. The Morgan fingerprint density at radius 2 is 1.91 bits per heavy atom. The summed E-state index contributed by atoms with van der Waals surface area (Å²) in [5, 5.41) is 12.8. The zero-order valence-corrected chi connectivity index (χ0v) is 19.9. The molecule has 0 saturated heterocycles. The molecule has 1 amide bonds. The third-order valence-corrected chi connectivity index (χ3v) is 6.26. The first-order valence-corrected chi connectivity index (χ1v) is 11.6. The Bertz CT molecular complexity index is 1120. The van der Waals surface area contributed by atoms with Crippen LogP contribution in [0.1, 0.15) is 35.7 Å². The van der Waals surface area contributed by atoms with E-state index in [2.05, 4.69) is 15.5 Å². The molecule has 0 aliphatic carbocycles. The predicted molar refractivity (Wildman–Crippen MR) is 127 cm³/mol. The summed E-state index contributed by atoms with van der Waals surface area (Å²) in [4.78, 5) is 25.0. The molecule has 0 aliphatic rings. The Kier molecular flexibility index (Phi) is 8.55. The van der Waals surface area contributed by atoms with E-state index in [9.17, 15) is 9.59 Å². The average molecular weight is 493 g/mol. The molecular formula is C22H22Cl2N4O3S. The van der Waals surface area contributed by atoms with Crippen molar-refractivity contribution >= 4 is 52.6 Å². The van der Waals surface area contributed by atoms with E-state index in [1.54, 1.807) is 16.7 Å². The number of hydrogen-bond acceptors (Lipinski definition) is 6. The standard InChI is InChI=1S/C22H22Cl2N4O3S/c1-3-28-21(26-27-22(28)32-13-14-6-4-5-7-17(14)24)25-20(30)11-9-18(29)16-12-15(23)8-10-19(16)31-2/h4-8,10,12H,3,9,11,13H2,1-2H3,(H,25,26,30). The quantitative estimate of drug-likeness (QED) is 0.296. The smallest absolute Gasteiger partial charge is 0.231 e. The maximum atomic E-state index is 12.5. The summed E-state index contributed by atoms with van der Waals surface area (Å²) in [6.45, 7) is 2.51. The average Bonchev–Trinajstić information content (AvgIpc) is 3.18. The molecule has 168 valence electrons. The number of aromatic nitrogens is 3. The fourth-order valence-corrected chi connectivity index (χ4v) is 4.44. The molecule has 0 fully saturated rings. The van der Waals surface area contributed by atoms with E-state index in [1.165, 1.54) is 24.9 Å². The number of ether oxygens (including phenoxy) is 1. The highest BCUT2D eigenvalue weighted by atomic mass is 35.5. The number of methoxy groups -OCH3 is 1. The van der Waals surface area contributed by atoms with Crippen molar-refractivity contribution in [3.8, 4) is 5.75 Å². The topological polar surface area (TPSA) is 86.1 Å². The zero-order chi connectivity index (χ0) is 23.1. The number of nitrogens with zero attached hydrogens (tertiary/aromatic N) is 3. The second-order valence-electron chi connectivity index (χ2n) is 6.75. The molecule has 0 atom stereocenters. The summed E-state index contributed by atoms with van der Waals surface area (Å²) in [6, 6.07) is 12.4. The number of carbonyl (C=O) groups excluding carboxylic acids is 2. The van der Waals surface area contributed by atoms with Gasteiger partial charge < -0.3 is 4.74 Å². The Morgan fingerprint density at radius 3 is 2.62 bits per heavy atom. The van der Waals surface area contributed by atoms with E-state index < -0.39 is 0 Å². The van der Waals surface area contributed by atoms with Crippen molar-refractivity contribution in [3.63, 3.8) is 0 Å². The predicted octanol–water partition coefficient (Wildman–Crippen LogP) is 5.51. The molecule has 0 spiro atoms. The van der Waals surface area contributed by atoms with Crippen LogP contribution in [0.15, 0.2) is 47.6 Å². The zero-order valence-electron chi connectivity index (χ0n) is 17.6. The first-order valence-electron chi connectivity index (χ1n) is 9.89. The van der Waals surface area contributed by atoms with Crippen molar-refractivity contribution in [1.82, 2.24) is 14.8 Å². The van der Waals surface area contributed by atoms with E-state index in [1.807, 2.05) is 31.2 Å². The van der Waals surface area contributed by atoms with Crippen molar-refractivity contribution in [2.45, 2.75) is 37.2 Å². The van der Waals surface area contributed by atoms with Crippen LogP contribution in [-0.4, -0.2) is 33.6 Å². The Labute approximate surface area is 200 Å². The van der Waals surface area contributed by atoms with Gasteiger partial charge in [-0.15, -0.1) is 10.2 Å². The number of benzene rings is 2. The fourth-order valence-electron chi connectivity index (χ4n) is 2.98. The van der Waals surface area contributed by atoms with Gasteiger partial charge in [0.2, 0.25) is 11.9 Å². The lowest BCUT2D eigenvalue weighted by atomic mass is 10.1.